The molecular weight excluding hydrogens is 196 g/mol. The van der Waals surface area contributed by atoms with E-state index in [1.54, 1.807) is 0 Å². The Morgan fingerprint density at radius 1 is 0.571 bits per heavy atom. The minimum absolute atomic E-state index is 0.0347. The molecule has 4 heteroatoms. The number of halogens is 4. The van der Waals surface area contributed by atoms with Crippen LogP contribution in [0.15, 0.2) is 0 Å². The molecule has 4 saturated carbocycles. The maximum Gasteiger partial charge on any atom is 0.253 e. The largest absolute Gasteiger partial charge is 0.253 e. The monoisotopic (exact) mass is 208 g/mol. The standard InChI is InChI=1S/C10H12F4/c11-9(12)5-1-6-3-8(9)4-7(2-5)10(6,13)14/h5-8H,1-4H2. The van der Waals surface area contributed by atoms with Crippen molar-refractivity contribution in [2.45, 2.75) is 37.5 Å². The van der Waals surface area contributed by atoms with E-state index in [9.17, 15) is 17.6 Å². The van der Waals surface area contributed by atoms with Crippen LogP contribution in [0, 0.1) is 23.7 Å². The lowest BCUT2D eigenvalue weighted by atomic mass is 9.53. The van der Waals surface area contributed by atoms with E-state index in [-0.39, 0.29) is 25.7 Å². The lowest BCUT2D eigenvalue weighted by Gasteiger charge is -2.57. The molecular formula is C10H12F4. The van der Waals surface area contributed by atoms with Crippen LogP contribution in [0.5, 0.6) is 0 Å². The van der Waals surface area contributed by atoms with Crippen LogP contribution in [-0.2, 0) is 0 Å². The lowest BCUT2D eigenvalue weighted by molar-refractivity contribution is -0.278. The summed E-state index contributed by atoms with van der Waals surface area (Å²) in [5.41, 5.74) is 0. The third-order valence-corrected chi connectivity index (χ3v) is 4.45. The molecule has 0 aromatic carbocycles. The molecule has 0 aromatic rings. The van der Waals surface area contributed by atoms with Gasteiger partial charge in [-0.1, -0.05) is 0 Å². The van der Waals surface area contributed by atoms with Crippen LogP contribution in [-0.4, -0.2) is 11.8 Å². The van der Waals surface area contributed by atoms with Crippen LogP contribution < -0.4 is 0 Å². The molecule has 80 valence electrons. The van der Waals surface area contributed by atoms with E-state index in [1.807, 2.05) is 0 Å². The first-order valence-corrected chi connectivity index (χ1v) is 5.18. The van der Waals surface area contributed by atoms with Crippen molar-refractivity contribution in [1.29, 1.82) is 0 Å². The highest BCUT2D eigenvalue weighted by molar-refractivity contribution is 5.08. The first-order valence-electron chi connectivity index (χ1n) is 5.18. The third kappa shape index (κ3) is 0.854. The van der Waals surface area contributed by atoms with Crippen molar-refractivity contribution < 1.29 is 17.6 Å². The minimum atomic E-state index is -2.66. The van der Waals surface area contributed by atoms with E-state index in [0.717, 1.165) is 0 Å². The number of hydrogen-bond acceptors (Lipinski definition) is 0. The van der Waals surface area contributed by atoms with Gasteiger partial charge in [-0.25, -0.2) is 17.6 Å². The topological polar surface area (TPSA) is 0 Å². The molecule has 14 heavy (non-hydrogen) atoms. The maximum atomic E-state index is 13.5. The molecule has 4 aliphatic carbocycles. The van der Waals surface area contributed by atoms with E-state index in [2.05, 4.69) is 0 Å². The predicted octanol–water partition coefficient (Wildman–Crippen LogP) is 3.32. The quantitative estimate of drug-likeness (QED) is 0.536. The average molecular weight is 208 g/mol. The fourth-order valence-electron chi connectivity index (χ4n) is 3.68. The molecule has 0 aromatic heterocycles. The van der Waals surface area contributed by atoms with Crippen molar-refractivity contribution >= 4 is 0 Å². The Labute approximate surface area is 79.7 Å². The summed E-state index contributed by atoms with van der Waals surface area (Å²) >= 11 is 0. The van der Waals surface area contributed by atoms with E-state index in [1.165, 1.54) is 0 Å². The minimum Gasteiger partial charge on any atom is -0.206 e. The maximum absolute atomic E-state index is 13.5. The Morgan fingerprint density at radius 2 is 0.786 bits per heavy atom. The first-order chi connectivity index (χ1) is 6.42. The highest BCUT2D eigenvalue weighted by Gasteiger charge is 2.68. The zero-order valence-corrected chi connectivity index (χ0v) is 7.65. The van der Waals surface area contributed by atoms with Crippen LogP contribution in [0.1, 0.15) is 25.7 Å². The van der Waals surface area contributed by atoms with Gasteiger partial charge >= 0.3 is 0 Å². The molecule has 0 spiro atoms. The van der Waals surface area contributed by atoms with Crippen LogP contribution in [0.2, 0.25) is 0 Å². The second-order valence-corrected chi connectivity index (χ2v) is 5.08. The number of alkyl halides is 4. The number of hydrogen-bond donors (Lipinski definition) is 0. The number of rotatable bonds is 0. The van der Waals surface area contributed by atoms with Gasteiger partial charge in [0.15, 0.2) is 0 Å². The van der Waals surface area contributed by atoms with E-state index < -0.39 is 35.5 Å². The van der Waals surface area contributed by atoms with Gasteiger partial charge in [-0.05, 0) is 25.7 Å². The van der Waals surface area contributed by atoms with Crippen molar-refractivity contribution in [2.24, 2.45) is 23.7 Å². The highest BCUT2D eigenvalue weighted by atomic mass is 19.3. The zero-order valence-electron chi connectivity index (χ0n) is 7.65. The van der Waals surface area contributed by atoms with Gasteiger partial charge in [0, 0.05) is 23.7 Å². The van der Waals surface area contributed by atoms with Crippen molar-refractivity contribution in [3.05, 3.63) is 0 Å². The van der Waals surface area contributed by atoms with Gasteiger partial charge in [-0.3, -0.25) is 0 Å². The van der Waals surface area contributed by atoms with Crippen LogP contribution >= 0.6 is 0 Å². The Morgan fingerprint density at radius 3 is 1.00 bits per heavy atom. The summed E-state index contributed by atoms with van der Waals surface area (Å²) in [5.74, 6) is -8.36. The SMILES string of the molecule is FC1(F)C2CC3CC1CC(C2)C3(F)F. The molecule has 4 fully saturated rings. The predicted molar refractivity (Wildman–Crippen MR) is 42.3 cm³/mol. The summed E-state index contributed by atoms with van der Waals surface area (Å²) in [6.07, 6.45) is 0.139. The normalized spacial score (nSPS) is 52.3. The summed E-state index contributed by atoms with van der Waals surface area (Å²) < 4.78 is 54.1. The van der Waals surface area contributed by atoms with Crippen molar-refractivity contribution in [1.82, 2.24) is 0 Å². The van der Waals surface area contributed by atoms with Gasteiger partial charge in [0.1, 0.15) is 0 Å². The molecule has 0 radical (unpaired) electrons. The van der Waals surface area contributed by atoms with E-state index in [4.69, 9.17) is 0 Å². The van der Waals surface area contributed by atoms with Gasteiger partial charge in [0.2, 0.25) is 0 Å². The molecule has 0 aliphatic heterocycles. The highest BCUT2D eigenvalue weighted by Crippen LogP contribution is 2.65. The van der Waals surface area contributed by atoms with Crippen LogP contribution in [0.25, 0.3) is 0 Å². The van der Waals surface area contributed by atoms with Crippen molar-refractivity contribution in [3.8, 4) is 0 Å². The van der Waals surface area contributed by atoms with Gasteiger partial charge < -0.3 is 0 Å². The van der Waals surface area contributed by atoms with E-state index in [0.29, 0.717) is 0 Å². The van der Waals surface area contributed by atoms with Crippen molar-refractivity contribution in [2.75, 3.05) is 0 Å². The Kier molecular flexibility index (Phi) is 1.46. The molecule has 4 aliphatic rings. The van der Waals surface area contributed by atoms with Gasteiger partial charge in [-0.2, -0.15) is 0 Å². The molecule has 0 amide bonds. The molecule has 4 bridgehead atoms. The van der Waals surface area contributed by atoms with Crippen molar-refractivity contribution in [3.63, 3.8) is 0 Å². The summed E-state index contributed by atoms with van der Waals surface area (Å²) in [6, 6.07) is 0. The van der Waals surface area contributed by atoms with E-state index >= 15 is 0 Å². The average Bonchev–Trinajstić information content (AvgIpc) is 1.98. The molecule has 4 rings (SSSR count). The fourth-order valence-corrected chi connectivity index (χ4v) is 3.68. The third-order valence-electron chi connectivity index (χ3n) is 4.45. The molecule has 0 N–H and O–H groups in total. The summed E-state index contributed by atoms with van der Waals surface area (Å²) in [5, 5.41) is 0. The lowest BCUT2D eigenvalue weighted by Crippen LogP contribution is -2.60. The first kappa shape index (κ1) is 8.98. The van der Waals surface area contributed by atoms with Crippen LogP contribution in [0.4, 0.5) is 17.6 Å². The fraction of sp³-hybridized carbons (Fsp3) is 1.00. The Hall–Kier alpha value is -0.280. The van der Waals surface area contributed by atoms with Gasteiger partial charge in [-0.15, -0.1) is 0 Å². The summed E-state index contributed by atoms with van der Waals surface area (Å²) in [6.45, 7) is 0. The molecule has 0 atom stereocenters. The zero-order chi connectivity index (χ0) is 10.1. The van der Waals surface area contributed by atoms with Crippen LogP contribution in [0.3, 0.4) is 0 Å². The second kappa shape index (κ2) is 2.27. The second-order valence-electron chi connectivity index (χ2n) is 5.08. The molecule has 0 heterocycles. The molecule has 0 saturated heterocycles. The van der Waals surface area contributed by atoms with Gasteiger partial charge in [0.05, 0.1) is 0 Å². The van der Waals surface area contributed by atoms with Gasteiger partial charge in [0.25, 0.3) is 11.8 Å². The molecule has 0 unspecified atom stereocenters. The molecule has 0 nitrogen and oxygen atoms in total. The Balaban J connectivity index is 1.98. The summed E-state index contributed by atoms with van der Waals surface area (Å²) in [7, 11) is 0. The smallest absolute Gasteiger partial charge is 0.206 e. The Bertz CT molecular complexity index is 213. The summed E-state index contributed by atoms with van der Waals surface area (Å²) in [4.78, 5) is 0.